The Morgan fingerprint density at radius 1 is 0.472 bits per heavy atom. The minimum atomic E-state index is -3.63. The molecule has 3 aliphatic heterocycles. The third-order valence-electron chi connectivity index (χ3n) is 13.7. The summed E-state index contributed by atoms with van der Waals surface area (Å²) >= 11 is 0. The third-order valence-corrected chi connectivity index (χ3v) is 17.1. The molecule has 89 heavy (non-hydrogen) atoms. The number of nitrogens with two attached hydrogens (primary N) is 3. The second-order valence-corrected chi connectivity index (χ2v) is 28.2. The lowest BCUT2D eigenvalue weighted by molar-refractivity contribution is 0.0870. The maximum absolute atomic E-state index is 13.2. The highest BCUT2D eigenvalue weighted by atomic mass is 32.2. The molecule has 10 rings (SSSR count). The van der Waals surface area contributed by atoms with Crippen molar-refractivity contribution < 1.29 is 58.6 Å². The zero-order valence-electron chi connectivity index (χ0n) is 50.5. The number of carbonyl (C=O) groups excluding carboxylic acids is 3. The highest BCUT2D eigenvalue weighted by Gasteiger charge is 2.32. The van der Waals surface area contributed by atoms with Gasteiger partial charge in [0, 0.05) is 16.6 Å². The molecule has 0 bridgehead atoms. The van der Waals surface area contributed by atoms with E-state index in [9.17, 15) is 39.6 Å². The molecule has 23 nitrogen and oxygen atoms in total. The van der Waals surface area contributed by atoms with E-state index >= 15 is 0 Å². The maximum atomic E-state index is 13.2. The summed E-state index contributed by atoms with van der Waals surface area (Å²) in [6.07, 6.45) is 0. The van der Waals surface area contributed by atoms with E-state index < -0.39 is 46.7 Å². The van der Waals surface area contributed by atoms with E-state index in [1.54, 1.807) is 109 Å². The number of fused-ring (bicyclic) bond motifs is 4. The number of benzene rings is 6. The standard InChI is InChI=1S/C24H26N4O4S.C20H23N3O5S.C19H21N3O4S/c1-14-8-9-19-17(10-14)18(11-15(2)26-19)23(29)27-24(3,4)13-32-20-7-5-6-16-12-33(30,31)28-22(25)21(16)20;1-20(2,22-19(24)14-8-4-5-9-15(14)27-3)12-28-16-10-6-7-13-11-29(25,26)23-18(21)17(13)16;1-19(2,21-18(23)13-7-4-3-5-8-13)12-26-15-10-6-9-14-11-27(24,25)22-17(20)16(14)15/h5-11H,12-13H2,1-4H3,(H2,25,28)(H,27,29);4-10H,11-12H2,1-3H3,(H2,21,23)(H,22,24);3-10H,11-12H2,1-2H3,(H2,20,22)(H,21,23). The summed E-state index contributed by atoms with van der Waals surface area (Å²) in [5, 5.41) is 9.67. The second-order valence-electron chi connectivity index (χ2n) is 23.3. The van der Waals surface area contributed by atoms with Crippen LogP contribution in [-0.4, -0.2) is 109 Å². The van der Waals surface area contributed by atoms with Gasteiger partial charge in [-0.2, -0.15) is 0 Å². The summed E-state index contributed by atoms with van der Waals surface area (Å²) in [4.78, 5) is 42.7. The summed E-state index contributed by atoms with van der Waals surface area (Å²) in [5.74, 6) is 0.0755. The van der Waals surface area contributed by atoms with Crippen LogP contribution >= 0.6 is 0 Å². The number of amides is 3. The van der Waals surface area contributed by atoms with E-state index in [0.29, 0.717) is 73.1 Å². The second kappa shape index (κ2) is 26.1. The lowest BCUT2D eigenvalue weighted by atomic mass is 10.0. The largest absolute Gasteiger partial charge is 0.496 e. The minimum Gasteiger partial charge on any atom is -0.496 e. The van der Waals surface area contributed by atoms with Gasteiger partial charge in [0.25, 0.3) is 47.8 Å². The molecule has 3 amide bonds. The summed E-state index contributed by atoms with van der Waals surface area (Å²) < 4.78 is 105. The Kier molecular flexibility index (Phi) is 19.2. The number of amidine groups is 3. The molecule has 468 valence electrons. The van der Waals surface area contributed by atoms with Crippen LogP contribution < -0.4 is 52.1 Å². The first kappa shape index (κ1) is 65.6. The maximum Gasteiger partial charge on any atom is 0.259 e. The Balaban J connectivity index is 0.000000174. The zero-order valence-corrected chi connectivity index (χ0v) is 52.9. The van der Waals surface area contributed by atoms with Crippen molar-refractivity contribution in [3.8, 4) is 23.0 Å². The summed E-state index contributed by atoms with van der Waals surface area (Å²) in [5.41, 5.74) is 22.6. The van der Waals surface area contributed by atoms with Crippen molar-refractivity contribution in [2.75, 3.05) is 26.9 Å². The van der Waals surface area contributed by atoms with Gasteiger partial charge in [0.2, 0.25) is 0 Å². The fourth-order valence-electron chi connectivity index (χ4n) is 9.69. The summed E-state index contributed by atoms with van der Waals surface area (Å²) in [6, 6.07) is 38.7. The number of ether oxygens (including phenoxy) is 4. The summed E-state index contributed by atoms with van der Waals surface area (Å²) in [7, 11) is -9.35. The van der Waals surface area contributed by atoms with Crippen LogP contribution in [0, 0.1) is 13.8 Å². The smallest absolute Gasteiger partial charge is 0.259 e. The van der Waals surface area contributed by atoms with Gasteiger partial charge in [-0.25, -0.2) is 25.3 Å². The van der Waals surface area contributed by atoms with Crippen LogP contribution in [0.2, 0.25) is 0 Å². The molecule has 0 atom stereocenters. The number of nitrogens with one attached hydrogen (secondary N) is 3. The number of nitrogens with zero attached hydrogens (tertiary/aromatic N) is 4. The molecular formula is C63H70N10O13S3. The number of hydrogen-bond donors (Lipinski definition) is 6. The fraction of sp³-hybridized carbons (Fsp3) is 0.286. The van der Waals surface area contributed by atoms with Crippen molar-refractivity contribution in [2.24, 2.45) is 30.4 Å². The number of methoxy groups -OCH3 is 1. The molecule has 0 spiro atoms. The number of para-hydroxylation sites is 1. The van der Waals surface area contributed by atoms with Crippen LogP contribution in [0.15, 0.2) is 147 Å². The van der Waals surface area contributed by atoms with Crippen molar-refractivity contribution in [1.82, 2.24) is 20.9 Å². The number of hydrogen-bond acceptors (Lipinski definition) is 17. The number of sulfonamides is 3. The molecule has 0 aliphatic carbocycles. The average molecular weight is 1270 g/mol. The molecule has 3 aliphatic rings. The number of carbonyl (C=O) groups is 3. The predicted molar refractivity (Wildman–Crippen MR) is 341 cm³/mol. The van der Waals surface area contributed by atoms with Gasteiger partial charge in [0.1, 0.15) is 60.3 Å². The Labute approximate surface area is 517 Å². The molecule has 26 heteroatoms. The predicted octanol–water partition coefficient (Wildman–Crippen LogP) is 6.64. The minimum absolute atomic E-state index is 0.0852. The molecule has 0 saturated heterocycles. The lowest BCUT2D eigenvalue weighted by Gasteiger charge is -2.28. The fourth-order valence-corrected chi connectivity index (χ4v) is 13.0. The molecule has 0 unspecified atom stereocenters. The number of rotatable bonds is 16. The molecule has 0 saturated carbocycles. The quantitative estimate of drug-likeness (QED) is 0.0590. The van der Waals surface area contributed by atoms with Crippen LogP contribution in [0.3, 0.4) is 0 Å². The van der Waals surface area contributed by atoms with Gasteiger partial charge < -0.3 is 52.1 Å². The molecule has 4 heterocycles. The van der Waals surface area contributed by atoms with E-state index in [-0.39, 0.29) is 72.3 Å². The number of pyridine rings is 1. The molecule has 9 N–H and O–H groups in total. The first-order valence-electron chi connectivity index (χ1n) is 27.8. The molecule has 0 radical (unpaired) electrons. The molecule has 0 fully saturated rings. The van der Waals surface area contributed by atoms with Gasteiger partial charge in [0.15, 0.2) is 0 Å². The van der Waals surface area contributed by atoms with Crippen molar-refractivity contribution in [3.63, 3.8) is 0 Å². The van der Waals surface area contributed by atoms with Crippen molar-refractivity contribution in [2.45, 2.75) is 89.3 Å². The highest BCUT2D eigenvalue weighted by Crippen LogP contribution is 2.32. The third kappa shape index (κ3) is 16.8. The Bertz CT molecular complexity index is 4360. The number of aryl methyl sites for hydroxylation is 2. The van der Waals surface area contributed by atoms with Gasteiger partial charge >= 0.3 is 0 Å². The van der Waals surface area contributed by atoms with Gasteiger partial charge in [-0.3, -0.25) is 19.4 Å². The van der Waals surface area contributed by atoms with Crippen LogP contribution in [-0.2, 0) is 47.3 Å². The van der Waals surface area contributed by atoms with E-state index in [4.69, 9.17) is 36.1 Å². The Hall–Kier alpha value is -9.40. The first-order chi connectivity index (χ1) is 41.7. The van der Waals surface area contributed by atoms with Gasteiger partial charge in [-0.05, 0) is 133 Å². The number of aromatic nitrogens is 1. The zero-order chi connectivity index (χ0) is 64.9. The normalized spacial score (nSPS) is 15.1. The van der Waals surface area contributed by atoms with E-state index in [2.05, 4.69) is 34.1 Å². The molecule has 7 aromatic rings. The van der Waals surface area contributed by atoms with E-state index in [0.717, 1.165) is 22.2 Å². The van der Waals surface area contributed by atoms with Crippen LogP contribution in [0.1, 0.15) is 117 Å². The van der Waals surface area contributed by atoms with Crippen LogP contribution in [0.5, 0.6) is 23.0 Å². The molecular weight excluding hydrogens is 1200 g/mol. The van der Waals surface area contributed by atoms with Crippen molar-refractivity contribution >= 4 is 76.2 Å². The SMILES string of the molecule is CC(C)(COc1cccc2c1C(N)=NS(=O)(=O)C2)NC(=O)c1ccccc1.COc1ccccc1C(=O)NC(C)(C)COc1cccc2c1C(N)=NS(=O)(=O)C2.Cc1ccc2nc(C)cc(C(=O)NC(C)(C)COc3cccc4c3C(N)=NS(=O)(=O)C4)c2c1. The van der Waals surface area contributed by atoms with Gasteiger partial charge in [-0.1, -0.05) is 78.4 Å². The molecule has 6 aromatic carbocycles. The topological polar surface area (TPSA) is 355 Å². The van der Waals surface area contributed by atoms with Gasteiger partial charge in [0.05, 0.1) is 74.3 Å². The van der Waals surface area contributed by atoms with Crippen LogP contribution in [0.25, 0.3) is 10.9 Å². The highest BCUT2D eigenvalue weighted by molar-refractivity contribution is 7.90. The Morgan fingerprint density at radius 3 is 1.28 bits per heavy atom. The van der Waals surface area contributed by atoms with E-state index in [1.165, 1.54) is 7.11 Å². The Morgan fingerprint density at radius 2 is 0.854 bits per heavy atom. The van der Waals surface area contributed by atoms with E-state index in [1.807, 2.05) is 79.7 Å². The van der Waals surface area contributed by atoms with Crippen LogP contribution in [0.4, 0.5) is 0 Å². The first-order valence-corrected chi connectivity index (χ1v) is 32.6. The monoisotopic (exact) mass is 1270 g/mol. The van der Waals surface area contributed by atoms with Gasteiger partial charge in [-0.15, -0.1) is 13.2 Å². The average Bonchev–Trinajstić information content (AvgIpc) is 1.67. The molecule has 1 aromatic heterocycles. The van der Waals surface area contributed by atoms with Crippen molar-refractivity contribution in [3.05, 3.63) is 195 Å². The lowest BCUT2D eigenvalue weighted by Crippen LogP contribution is -2.48. The van der Waals surface area contributed by atoms with Crippen molar-refractivity contribution in [1.29, 1.82) is 0 Å². The summed E-state index contributed by atoms with van der Waals surface area (Å²) in [6.45, 7) is 15.3.